The smallest absolute Gasteiger partial charge is 0.0499 e. The van der Waals surface area contributed by atoms with Crippen molar-refractivity contribution in [2.24, 2.45) is 0 Å². The van der Waals surface area contributed by atoms with E-state index in [-0.39, 0.29) is 0 Å². The number of aromatic nitrogens is 2. The van der Waals surface area contributed by atoms with Gasteiger partial charge in [-0.05, 0) is 28.9 Å². The van der Waals surface area contributed by atoms with Crippen LogP contribution < -0.4 is 0 Å². The number of hydrogen-bond acceptors (Lipinski definition) is 1. The lowest BCUT2D eigenvalue weighted by Crippen LogP contribution is -1.78. The number of pyridine rings is 1. The molecule has 2 heterocycles. The van der Waals surface area contributed by atoms with E-state index in [0.717, 1.165) is 21.1 Å². The number of hydrogen-bond donors (Lipinski definition) is 1. The summed E-state index contributed by atoms with van der Waals surface area (Å²) in [6.45, 7) is 1.98. The molecule has 0 bridgehead atoms. The first-order chi connectivity index (χ1) is 5.27. The summed E-state index contributed by atoms with van der Waals surface area (Å²) in [6.07, 6.45) is 3.79. The second kappa shape index (κ2) is 2.34. The average Bonchev–Trinajstić information content (AvgIpc) is 2.32. The Hall–Kier alpha value is -0.830. The van der Waals surface area contributed by atoms with Gasteiger partial charge >= 0.3 is 0 Å². The van der Waals surface area contributed by atoms with Crippen LogP contribution in [0.25, 0.3) is 10.9 Å². The first-order valence-electron chi connectivity index (χ1n) is 3.36. The fourth-order valence-electron chi connectivity index (χ4n) is 1.09. The third kappa shape index (κ3) is 1.05. The molecule has 2 aromatic rings. The molecule has 2 nitrogen and oxygen atoms in total. The molecular formula is C8H7BrN2. The first-order valence-corrected chi connectivity index (χ1v) is 4.16. The zero-order valence-electron chi connectivity index (χ0n) is 6.06. The van der Waals surface area contributed by atoms with Gasteiger partial charge in [0.1, 0.15) is 0 Å². The molecule has 1 N–H and O–H groups in total. The Morgan fingerprint density at radius 1 is 1.55 bits per heavy atom. The summed E-state index contributed by atoms with van der Waals surface area (Å²) < 4.78 is 1.07. The molecule has 0 amide bonds. The molecule has 3 heteroatoms. The van der Waals surface area contributed by atoms with Gasteiger partial charge < -0.3 is 4.98 Å². The van der Waals surface area contributed by atoms with Crippen LogP contribution in [0.4, 0.5) is 0 Å². The van der Waals surface area contributed by atoms with Gasteiger partial charge in [-0.1, -0.05) is 0 Å². The van der Waals surface area contributed by atoms with Gasteiger partial charge in [0.2, 0.25) is 0 Å². The highest BCUT2D eigenvalue weighted by molar-refractivity contribution is 9.10. The van der Waals surface area contributed by atoms with Crippen LogP contribution in [0, 0.1) is 6.92 Å². The summed E-state index contributed by atoms with van der Waals surface area (Å²) >= 11 is 3.42. The van der Waals surface area contributed by atoms with E-state index < -0.39 is 0 Å². The molecule has 0 saturated carbocycles. The van der Waals surface area contributed by atoms with Crippen molar-refractivity contribution in [3.8, 4) is 0 Å². The van der Waals surface area contributed by atoms with Crippen molar-refractivity contribution in [3.63, 3.8) is 0 Å². The highest BCUT2D eigenvalue weighted by atomic mass is 79.9. The standard InChI is InChI=1S/C8H7BrN2/c1-5-2-8-6(3-10-5)7(9)4-11-8/h2-4,11H,1H3. The molecule has 0 atom stereocenters. The minimum absolute atomic E-state index is 1.03. The van der Waals surface area contributed by atoms with Crippen LogP contribution in [0.2, 0.25) is 0 Å². The fraction of sp³-hybridized carbons (Fsp3) is 0.125. The van der Waals surface area contributed by atoms with Crippen LogP contribution in [-0.4, -0.2) is 9.97 Å². The van der Waals surface area contributed by atoms with E-state index in [2.05, 4.69) is 25.9 Å². The summed E-state index contributed by atoms with van der Waals surface area (Å²) in [4.78, 5) is 7.33. The molecule has 0 fully saturated rings. The largest absolute Gasteiger partial charge is 0.360 e. The van der Waals surface area contributed by atoms with Crippen molar-refractivity contribution in [2.45, 2.75) is 6.92 Å². The SMILES string of the molecule is Cc1cc2[nH]cc(Br)c2cn1. The van der Waals surface area contributed by atoms with Gasteiger partial charge in [-0.2, -0.15) is 0 Å². The molecule has 0 radical (unpaired) electrons. The van der Waals surface area contributed by atoms with Crippen molar-refractivity contribution >= 4 is 26.8 Å². The number of nitrogens with zero attached hydrogens (tertiary/aromatic N) is 1. The maximum absolute atomic E-state index is 4.19. The van der Waals surface area contributed by atoms with Gasteiger partial charge in [0.15, 0.2) is 0 Å². The number of aryl methyl sites for hydroxylation is 1. The lowest BCUT2D eigenvalue weighted by Gasteiger charge is -1.91. The lowest BCUT2D eigenvalue weighted by atomic mass is 10.3. The summed E-state index contributed by atoms with van der Waals surface area (Å²) in [5.74, 6) is 0. The molecule has 0 saturated heterocycles. The van der Waals surface area contributed by atoms with Gasteiger partial charge in [0, 0.05) is 33.5 Å². The average molecular weight is 211 g/mol. The van der Waals surface area contributed by atoms with Crippen molar-refractivity contribution in [1.82, 2.24) is 9.97 Å². The Morgan fingerprint density at radius 2 is 2.36 bits per heavy atom. The molecule has 11 heavy (non-hydrogen) atoms. The number of halogens is 1. The van der Waals surface area contributed by atoms with Gasteiger partial charge in [-0.3, -0.25) is 4.98 Å². The quantitative estimate of drug-likeness (QED) is 0.712. The first kappa shape index (κ1) is 6.85. The lowest BCUT2D eigenvalue weighted by molar-refractivity contribution is 1.22. The Bertz CT molecular complexity index is 392. The number of rotatable bonds is 0. The van der Waals surface area contributed by atoms with Crippen LogP contribution in [0.5, 0.6) is 0 Å². The van der Waals surface area contributed by atoms with Crippen molar-refractivity contribution in [3.05, 3.63) is 28.6 Å². The Labute approximate surface area is 72.8 Å². The molecule has 2 aromatic heterocycles. The highest BCUT2D eigenvalue weighted by Gasteiger charge is 1.99. The zero-order valence-corrected chi connectivity index (χ0v) is 7.64. The van der Waals surface area contributed by atoms with Gasteiger partial charge in [0.25, 0.3) is 0 Å². The van der Waals surface area contributed by atoms with E-state index in [1.165, 1.54) is 0 Å². The number of nitrogens with one attached hydrogen (secondary N) is 1. The van der Waals surface area contributed by atoms with E-state index in [1.807, 2.05) is 25.4 Å². The number of H-pyrrole nitrogens is 1. The minimum atomic E-state index is 1.03. The Morgan fingerprint density at radius 3 is 3.18 bits per heavy atom. The van der Waals surface area contributed by atoms with E-state index in [0.29, 0.717) is 0 Å². The van der Waals surface area contributed by atoms with Gasteiger partial charge in [-0.15, -0.1) is 0 Å². The molecule has 2 rings (SSSR count). The topological polar surface area (TPSA) is 28.7 Å². The van der Waals surface area contributed by atoms with Gasteiger partial charge in [0.05, 0.1) is 0 Å². The third-order valence-corrected chi connectivity index (χ3v) is 2.31. The molecule has 0 unspecified atom stereocenters. The second-order valence-corrected chi connectivity index (χ2v) is 3.36. The zero-order chi connectivity index (χ0) is 7.84. The number of fused-ring (bicyclic) bond motifs is 1. The summed E-state index contributed by atoms with van der Waals surface area (Å²) in [6, 6.07) is 2.03. The molecule has 0 aromatic carbocycles. The van der Waals surface area contributed by atoms with Crippen LogP contribution >= 0.6 is 15.9 Å². The number of aromatic amines is 1. The molecule has 0 aliphatic heterocycles. The van der Waals surface area contributed by atoms with Crippen LogP contribution in [0.15, 0.2) is 22.9 Å². The maximum atomic E-state index is 4.19. The van der Waals surface area contributed by atoms with Crippen LogP contribution in [0.1, 0.15) is 5.69 Å². The minimum Gasteiger partial charge on any atom is -0.360 e. The van der Waals surface area contributed by atoms with Crippen molar-refractivity contribution in [2.75, 3.05) is 0 Å². The third-order valence-electron chi connectivity index (χ3n) is 1.65. The van der Waals surface area contributed by atoms with E-state index in [4.69, 9.17) is 0 Å². The monoisotopic (exact) mass is 210 g/mol. The van der Waals surface area contributed by atoms with Gasteiger partial charge in [-0.25, -0.2) is 0 Å². The van der Waals surface area contributed by atoms with Crippen molar-refractivity contribution < 1.29 is 0 Å². The molecular weight excluding hydrogens is 204 g/mol. The van der Waals surface area contributed by atoms with E-state index >= 15 is 0 Å². The molecule has 0 spiro atoms. The molecule has 0 aliphatic carbocycles. The predicted octanol–water partition coefficient (Wildman–Crippen LogP) is 2.63. The summed E-state index contributed by atoms with van der Waals surface area (Å²) in [5, 5.41) is 1.13. The van der Waals surface area contributed by atoms with E-state index in [9.17, 15) is 0 Å². The highest BCUT2D eigenvalue weighted by Crippen LogP contribution is 2.22. The Balaban J connectivity index is 2.86. The maximum Gasteiger partial charge on any atom is 0.0499 e. The van der Waals surface area contributed by atoms with Crippen LogP contribution in [0.3, 0.4) is 0 Å². The normalized spacial score (nSPS) is 10.7. The van der Waals surface area contributed by atoms with Crippen LogP contribution in [-0.2, 0) is 0 Å². The molecule has 0 aliphatic rings. The molecule has 56 valence electrons. The second-order valence-electron chi connectivity index (χ2n) is 2.51. The van der Waals surface area contributed by atoms with E-state index in [1.54, 1.807) is 0 Å². The summed E-state index contributed by atoms with van der Waals surface area (Å²) in [7, 11) is 0. The fourth-order valence-corrected chi connectivity index (χ4v) is 1.52. The Kier molecular flexibility index (Phi) is 1.46. The van der Waals surface area contributed by atoms with Crippen molar-refractivity contribution in [1.29, 1.82) is 0 Å². The predicted molar refractivity (Wildman–Crippen MR) is 48.5 cm³/mol. The summed E-state index contributed by atoms with van der Waals surface area (Å²) in [5.41, 5.74) is 2.16.